The molecule has 0 radical (unpaired) electrons. The standard InChI is InChI=1S/C12H22N2O2/c1-9(8-10(2)15)14-7-6-13(5)11(16)12(14,3)4/h9H,6-8H2,1-5H3. The molecule has 1 fully saturated rings. The number of hydrogen-bond donors (Lipinski definition) is 0. The van der Waals surface area contributed by atoms with Gasteiger partial charge in [0, 0.05) is 32.6 Å². The quantitative estimate of drug-likeness (QED) is 0.718. The number of ketones is 1. The number of nitrogens with zero attached hydrogens (tertiary/aromatic N) is 2. The Kier molecular flexibility index (Phi) is 3.73. The highest BCUT2D eigenvalue weighted by Crippen LogP contribution is 2.25. The Morgan fingerprint density at radius 2 is 2.00 bits per heavy atom. The number of likely N-dealkylation sites (N-methyl/N-ethyl adjacent to an activating group) is 1. The van der Waals surface area contributed by atoms with Gasteiger partial charge < -0.3 is 4.90 Å². The summed E-state index contributed by atoms with van der Waals surface area (Å²) in [6.45, 7) is 9.06. The molecular formula is C12H22N2O2. The van der Waals surface area contributed by atoms with Crippen LogP contribution in [0.4, 0.5) is 0 Å². The van der Waals surface area contributed by atoms with Crippen LogP contribution >= 0.6 is 0 Å². The molecule has 0 saturated carbocycles. The Labute approximate surface area is 97.6 Å². The highest BCUT2D eigenvalue weighted by molar-refractivity contribution is 5.86. The summed E-state index contributed by atoms with van der Waals surface area (Å²) in [6, 6.07) is 0.130. The zero-order valence-electron chi connectivity index (χ0n) is 10.9. The van der Waals surface area contributed by atoms with Crippen LogP contribution in [0.15, 0.2) is 0 Å². The van der Waals surface area contributed by atoms with E-state index in [2.05, 4.69) is 4.90 Å². The number of hydrogen-bond acceptors (Lipinski definition) is 3. The van der Waals surface area contributed by atoms with E-state index in [1.54, 1.807) is 11.8 Å². The van der Waals surface area contributed by atoms with Crippen molar-refractivity contribution in [3.63, 3.8) is 0 Å². The Morgan fingerprint density at radius 1 is 1.44 bits per heavy atom. The molecule has 1 heterocycles. The first-order valence-electron chi connectivity index (χ1n) is 5.78. The molecule has 1 unspecified atom stereocenters. The van der Waals surface area contributed by atoms with E-state index in [1.807, 2.05) is 27.8 Å². The molecule has 0 N–H and O–H groups in total. The minimum absolute atomic E-state index is 0.130. The molecule has 0 aliphatic carbocycles. The maximum atomic E-state index is 12.0. The van der Waals surface area contributed by atoms with E-state index in [1.165, 1.54) is 0 Å². The lowest BCUT2D eigenvalue weighted by molar-refractivity contribution is -0.150. The maximum absolute atomic E-state index is 12.0. The van der Waals surface area contributed by atoms with Gasteiger partial charge >= 0.3 is 0 Å². The highest BCUT2D eigenvalue weighted by atomic mass is 16.2. The number of rotatable bonds is 3. The summed E-state index contributed by atoms with van der Waals surface area (Å²) in [5, 5.41) is 0. The number of carbonyl (C=O) groups is 2. The van der Waals surface area contributed by atoms with Crippen molar-refractivity contribution in [1.82, 2.24) is 9.80 Å². The summed E-state index contributed by atoms with van der Waals surface area (Å²) in [6.07, 6.45) is 0.514. The monoisotopic (exact) mass is 226 g/mol. The first-order chi connectivity index (χ1) is 7.26. The van der Waals surface area contributed by atoms with Gasteiger partial charge in [0.1, 0.15) is 5.78 Å². The minimum Gasteiger partial charge on any atom is -0.343 e. The second-order valence-corrected chi connectivity index (χ2v) is 5.23. The lowest BCUT2D eigenvalue weighted by atomic mass is 9.94. The normalized spacial score (nSPS) is 23.3. The molecule has 1 saturated heterocycles. The van der Waals surface area contributed by atoms with E-state index in [9.17, 15) is 9.59 Å². The fourth-order valence-electron chi connectivity index (χ4n) is 2.53. The summed E-state index contributed by atoms with van der Waals surface area (Å²) in [5.41, 5.74) is -0.498. The van der Waals surface area contributed by atoms with E-state index >= 15 is 0 Å². The van der Waals surface area contributed by atoms with Crippen LogP contribution in [0, 0.1) is 0 Å². The summed E-state index contributed by atoms with van der Waals surface area (Å²) < 4.78 is 0. The molecule has 4 nitrogen and oxygen atoms in total. The Morgan fingerprint density at radius 3 is 2.50 bits per heavy atom. The lowest BCUT2D eigenvalue weighted by Gasteiger charge is -2.47. The number of amides is 1. The van der Waals surface area contributed by atoms with Gasteiger partial charge in [0.15, 0.2) is 0 Å². The molecule has 0 aromatic rings. The fraction of sp³-hybridized carbons (Fsp3) is 0.833. The van der Waals surface area contributed by atoms with Crippen LogP contribution in [0.25, 0.3) is 0 Å². The van der Waals surface area contributed by atoms with Crippen molar-refractivity contribution in [3.05, 3.63) is 0 Å². The first-order valence-corrected chi connectivity index (χ1v) is 5.78. The van der Waals surface area contributed by atoms with Crippen molar-refractivity contribution in [2.45, 2.75) is 45.7 Å². The van der Waals surface area contributed by atoms with Gasteiger partial charge in [0.25, 0.3) is 0 Å². The third-order valence-electron chi connectivity index (χ3n) is 3.38. The van der Waals surface area contributed by atoms with Gasteiger partial charge in [-0.05, 0) is 27.7 Å². The molecule has 1 amide bonds. The largest absolute Gasteiger partial charge is 0.343 e. The fourth-order valence-corrected chi connectivity index (χ4v) is 2.53. The zero-order chi connectivity index (χ0) is 12.5. The van der Waals surface area contributed by atoms with Gasteiger partial charge in [0.2, 0.25) is 5.91 Å². The average molecular weight is 226 g/mol. The Hall–Kier alpha value is -0.900. The summed E-state index contributed by atoms with van der Waals surface area (Å²) in [4.78, 5) is 27.1. The molecule has 0 aromatic heterocycles. The second-order valence-electron chi connectivity index (χ2n) is 5.23. The van der Waals surface area contributed by atoms with Crippen LogP contribution in [0.3, 0.4) is 0 Å². The minimum atomic E-state index is -0.498. The van der Waals surface area contributed by atoms with Crippen molar-refractivity contribution in [1.29, 1.82) is 0 Å². The molecule has 4 heteroatoms. The van der Waals surface area contributed by atoms with Crippen LogP contribution in [-0.2, 0) is 9.59 Å². The summed E-state index contributed by atoms with van der Waals surface area (Å²) >= 11 is 0. The van der Waals surface area contributed by atoms with Crippen molar-refractivity contribution >= 4 is 11.7 Å². The predicted octanol–water partition coefficient (Wildman–Crippen LogP) is 0.907. The molecule has 1 aliphatic heterocycles. The van der Waals surface area contributed by atoms with Gasteiger partial charge in [-0.2, -0.15) is 0 Å². The Bertz CT molecular complexity index is 299. The molecule has 16 heavy (non-hydrogen) atoms. The van der Waals surface area contributed by atoms with Crippen molar-refractivity contribution in [2.75, 3.05) is 20.1 Å². The Balaban J connectivity index is 2.81. The molecule has 0 spiro atoms. The van der Waals surface area contributed by atoms with E-state index in [0.29, 0.717) is 6.42 Å². The van der Waals surface area contributed by atoms with Gasteiger partial charge in [-0.1, -0.05) is 0 Å². The van der Waals surface area contributed by atoms with E-state index in [0.717, 1.165) is 13.1 Å². The third kappa shape index (κ3) is 2.43. The smallest absolute Gasteiger partial charge is 0.242 e. The van der Waals surface area contributed by atoms with E-state index in [4.69, 9.17) is 0 Å². The SMILES string of the molecule is CC(=O)CC(C)N1CCN(C)C(=O)C1(C)C. The van der Waals surface area contributed by atoms with Crippen LogP contribution in [0.2, 0.25) is 0 Å². The van der Waals surface area contributed by atoms with E-state index < -0.39 is 5.54 Å². The van der Waals surface area contributed by atoms with Gasteiger partial charge in [0.05, 0.1) is 5.54 Å². The number of carbonyl (C=O) groups excluding carboxylic acids is 2. The van der Waals surface area contributed by atoms with Crippen LogP contribution < -0.4 is 0 Å². The van der Waals surface area contributed by atoms with Crippen molar-refractivity contribution < 1.29 is 9.59 Å². The average Bonchev–Trinajstić information content (AvgIpc) is 2.13. The second kappa shape index (κ2) is 4.53. The highest BCUT2D eigenvalue weighted by Gasteiger charge is 2.42. The number of piperazine rings is 1. The molecule has 1 atom stereocenters. The molecule has 1 aliphatic rings. The van der Waals surface area contributed by atoms with Crippen molar-refractivity contribution in [2.24, 2.45) is 0 Å². The molecule has 0 aromatic carbocycles. The van der Waals surface area contributed by atoms with Crippen LogP contribution in [-0.4, -0.2) is 53.2 Å². The van der Waals surface area contributed by atoms with Crippen LogP contribution in [0.1, 0.15) is 34.1 Å². The molecular weight excluding hydrogens is 204 g/mol. The first kappa shape index (κ1) is 13.2. The van der Waals surface area contributed by atoms with E-state index in [-0.39, 0.29) is 17.7 Å². The van der Waals surface area contributed by atoms with Crippen LogP contribution in [0.5, 0.6) is 0 Å². The van der Waals surface area contributed by atoms with Gasteiger partial charge in [-0.25, -0.2) is 0 Å². The maximum Gasteiger partial charge on any atom is 0.242 e. The molecule has 1 rings (SSSR count). The molecule has 0 bridgehead atoms. The zero-order valence-corrected chi connectivity index (χ0v) is 10.9. The predicted molar refractivity (Wildman–Crippen MR) is 63.2 cm³/mol. The third-order valence-corrected chi connectivity index (χ3v) is 3.38. The lowest BCUT2D eigenvalue weighted by Crippen LogP contribution is -2.64. The topological polar surface area (TPSA) is 40.6 Å². The van der Waals surface area contributed by atoms with Crippen molar-refractivity contribution in [3.8, 4) is 0 Å². The summed E-state index contributed by atoms with van der Waals surface area (Å²) in [7, 11) is 1.83. The van der Waals surface area contributed by atoms with Gasteiger partial charge in [-0.3, -0.25) is 14.5 Å². The van der Waals surface area contributed by atoms with Gasteiger partial charge in [-0.15, -0.1) is 0 Å². The summed E-state index contributed by atoms with van der Waals surface area (Å²) in [5.74, 6) is 0.309. The molecule has 92 valence electrons. The number of Topliss-reactive ketones (excluding diaryl/α,β-unsaturated/α-hetero) is 1.